The maximum atomic E-state index is 13.0. The van der Waals surface area contributed by atoms with Gasteiger partial charge < -0.3 is 45.1 Å². The molecule has 1 aliphatic heterocycles. The van der Waals surface area contributed by atoms with E-state index in [0.29, 0.717) is 25.9 Å². The summed E-state index contributed by atoms with van der Waals surface area (Å²) in [6.45, 7) is 4.06. The quantitative estimate of drug-likeness (QED) is 0.0196. The highest BCUT2D eigenvalue weighted by molar-refractivity contribution is 5.76. The van der Waals surface area contributed by atoms with Crippen LogP contribution in [-0.4, -0.2) is 100 Å². The maximum absolute atomic E-state index is 13.0. The molecule has 11 heteroatoms. The summed E-state index contributed by atoms with van der Waals surface area (Å²) in [7, 11) is 0. The molecule has 1 heterocycles. The first-order valence-electron chi connectivity index (χ1n) is 28.7. The Morgan fingerprint density at radius 2 is 0.971 bits per heavy atom. The van der Waals surface area contributed by atoms with Crippen molar-refractivity contribution in [2.75, 3.05) is 19.8 Å². The van der Waals surface area contributed by atoms with Crippen LogP contribution >= 0.6 is 0 Å². The van der Waals surface area contributed by atoms with Gasteiger partial charge in [-0.1, -0.05) is 230 Å². The number of aliphatic hydroxyl groups excluding tert-OH is 5. The van der Waals surface area contributed by atoms with Gasteiger partial charge in [0.15, 0.2) is 6.29 Å². The van der Waals surface area contributed by atoms with E-state index in [1.54, 1.807) is 6.08 Å². The van der Waals surface area contributed by atoms with Gasteiger partial charge in [-0.05, 0) is 51.9 Å². The predicted molar refractivity (Wildman–Crippen MR) is 283 cm³/mol. The molecule has 1 fully saturated rings. The van der Waals surface area contributed by atoms with Gasteiger partial charge in [-0.2, -0.15) is 0 Å². The smallest absolute Gasteiger partial charge is 0.305 e. The minimum Gasteiger partial charge on any atom is -0.466 e. The standard InChI is InChI=1S/C58H107NO10/c1-3-5-7-9-11-13-14-15-16-17-18-19-23-26-30-34-38-42-46-54(63)67-47-43-39-35-31-27-24-21-20-22-25-29-33-37-41-45-53(62)59-50(51(61)44-40-36-32-28-12-10-8-6-4-2)49-68-58-57(66)56(65)55(64)52(48-60)69-58/h4,6,12,28,40,44,50-52,55-58,60-61,64-66H,3,5,7-11,13-27,29-39,41-43,45-49H2,1-2H3,(H,59,62)/b6-4+,28-12+,44-40+. The number of carbonyl (C=O) groups is 2. The number of hydrogen-bond acceptors (Lipinski definition) is 10. The van der Waals surface area contributed by atoms with Crippen molar-refractivity contribution in [1.82, 2.24) is 5.32 Å². The van der Waals surface area contributed by atoms with Crippen LogP contribution in [0.15, 0.2) is 36.5 Å². The average molecular weight is 978 g/mol. The first kappa shape index (κ1) is 64.9. The Hall–Kier alpha value is -2.12. The fourth-order valence-corrected chi connectivity index (χ4v) is 9.00. The lowest BCUT2D eigenvalue weighted by Crippen LogP contribution is -2.60. The molecule has 11 nitrogen and oxygen atoms in total. The molecule has 6 N–H and O–H groups in total. The molecule has 1 rings (SSSR count). The van der Waals surface area contributed by atoms with Crippen LogP contribution in [0.2, 0.25) is 0 Å². The molecule has 1 aliphatic rings. The van der Waals surface area contributed by atoms with Crippen molar-refractivity contribution in [3.63, 3.8) is 0 Å². The minimum absolute atomic E-state index is 0.0206. The molecule has 7 atom stereocenters. The largest absolute Gasteiger partial charge is 0.466 e. The van der Waals surface area contributed by atoms with Crippen molar-refractivity contribution < 1.29 is 49.3 Å². The van der Waals surface area contributed by atoms with Crippen molar-refractivity contribution in [3.8, 4) is 0 Å². The number of allylic oxidation sites excluding steroid dienone is 5. The zero-order valence-electron chi connectivity index (χ0n) is 44.3. The number of unbranched alkanes of at least 4 members (excludes halogenated alkanes) is 32. The van der Waals surface area contributed by atoms with Gasteiger partial charge in [0, 0.05) is 12.8 Å². The minimum atomic E-state index is -1.58. The normalized spacial score (nSPS) is 19.6. The molecule has 0 bridgehead atoms. The van der Waals surface area contributed by atoms with Crippen LogP contribution in [0, 0.1) is 0 Å². The Labute approximate surface area is 422 Å². The van der Waals surface area contributed by atoms with E-state index in [4.69, 9.17) is 14.2 Å². The molecular weight excluding hydrogens is 871 g/mol. The first-order valence-corrected chi connectivity index (χ1v) is 28.7. The fraction of sp³-hybridized carbons (Fsp3) is 0.862. The second-order valence-electron chi connectivity index (χ2n) is 20.0. The molecule has 7 unspecified atom stereocenters. The van der Waals surface area contributed by atoms with Crippen molar-refractivity contribution in [1.29, 1.82) is 0 Å². The third-order valence-electron chi connectivity index (χ3n) is 13.6. The first-order chi connectivity index (χ1) is 33.7. The number of ether oxygens (including phenoxy) is 3. The lowest BCUT2D eigenvalue weighted by molar-refractivity contribution is -0.302. The van der Waals surface area contributed by atoms with E-state index >= 15 is 0 Å². The molecule has 69 heavy (non-hydrogen) atoms. The predicted octanol–water partition coefficient (Wildman–Crippen LogP) is 12.7. The van der Waals surface area contributed by atoms with E-state index in [-0.39, 0.29) is 18.5 Å². The lowest BCUT2D eigenvalue weighted by atomic mass is 9.99. The average Bonchev–Trinajstić information content (AvgIpc) is 3.34. The molecule has 404 valence electrons. The highest BCUT2D eigenvalue weighted by atomic mass is 16.7. The molecule has 1 amide bonds. The summed E-state index contributed by atoms with van der Waals surface area (Å²) in [5, 5.41) is 54.1. The van der Waals surface area contributed by atoms with Gasteiger partial charge in [0.25, 0.3) is 0 Å². The number of aliphatic hydroxyl groups is 5. The topological polar surface area (TPSA) is 175 Å². The summed E-state index contributed by atoms with van der Waals surface area (Å²) in [5.41, 5.74) is 0. The van der Waals surface area contributed by atoms with Crippen LogP contribution in [-0.2, 0) is 23.8 Å². The van der Waals surface area contributed by atoms with Gasteiger partial charge in [-0.25, -0.2) is 0 Å². The van der Waals surface area contributed by atoms with Gasteiger partial charge in [0.05, 0.1) is 32.0 Å². The van der Waals surface area contributed by atoms with Crippen LogP contribution in [0.5, 0.6) is 0 Å². The number of carbonyl (C=O) groups excluding carboxylic acids is 2. The van der Waals surface area contributed by atoms with Crippen molar-refractivity contribution >= 4 is 11.9 Å². The molecule has 0 aromatic heterocycles. The number of nitrogens with one attached hydrogen (secondary N) is 1. The molecule has 0 aromatic carbocycles. The van der Waals surface area contributed by atoms with Gasteiger partial charge in [0.2, 0.25) is 5.91 Å². The summed E-state index contributed by atoms with van der Waals surface area (Å²) in [6, 6.07) is -0.841. The Morgan fingerprint density at radius 3 is 1.43 bits per heavy atom. The number of esters is 1. The van der Waals surface area contributed by atoms with E-state index in [9.17, 15) is 35.1 Å². The summed E-state index contributed by atoms with van der Waals surface area (Å²) < 4.78 is 16.7. The highest BCUT2D eigenvalue weighted by Crippen LogP contribution is 2.23. The monoisotopic (exact) mass is 978 g/mol. The zero-order valence-corrected chi connectivity index (χ0v) is 44.3. The van der Waals surface area contributed by atoms with E-state index in [2.05, 4.69) is 30.5 Å². The second kappa shape index (κ2) is 48.2. The highest BCUT2D eigenvalue weighted by Gasteiger charge is 2.44. The fourth-order valence-electron chi connectivity index (χ4n) is 9.00. The Kier molecular flexibility index (Phi) is 45.3. The Bertz CT molecular complexity index is 1240. The van der Waals surface area contributed by atoms with Crippen molar-refractivity contribution in [3.05, 3.63) is 36.5 Å². The Morgan fingerprint density at radius 1 is 0.551 bits per heavy atom. The van der Waals surface area contributed by atoms with Gasteiger partial charge in [0.1, 0.15) is 24.4 Å². The molecule has 0 aromatic rings. The number of rotatable bonds is 49. The van der Waals surface area contributed by atoms with Gasteiger partial charge in [-0.15, -0.1) is 0 Å². The van der Waals surface area contributed by atoms with Crippen LogP contribution < -0.4 is 5.32 Å². The second-order valence-corrected chi connectivity index (χ2v) is 20.0. The Balaban J connectivity index is 2.04. The van der Waals surface area contributed by atoms with E-state index in [1.165, 1.54) is 154 Å². The molecule has 0 radical (unpaired) electrons. The molecule has 1 saturated heterocycles. The SMILES string of the molecule is C/C=C/CC/C=C/CC/C=C/C(O)C(COC1OC(CO)C(O)C(O)C1O)NC(=O)CCCCCCCCCCCCCCCCOC(=O)CCCCCCCCCCCCCCCCCCCC. The number of amides is 1. The summed E-state index contributed by atoms with van der Waals surface area (Å²) >= 11 is 0. The van der Waals surface area contributed by atoms with Crippen molar-refractivity contribution in [2.45, 2.75) is 301 Å². The van der Waals surface area contributed by atoms with Crippen LogP contribution in [0.3, 0.4) is 0 Å². The van der Waals surface area contributed by atoms with E-state index < -0.39 is 49.5 Å². The van der Waals surface area contributed by atoms with Crippen LogP contribution in [0.4, 0.5) is 0 Å². The summed E-state index contributed by atoms with van der Waals surface area (Å²) in [4.78, 5) is 25.1. The summed E-state index contributed by atoms with van der Waals surface area (Å²) in [6.07, 6.45) is 48.4. The van der Waals surface area contributed by atoms with Gasteiger partial charge >= 0.3 is 5.97 Å². The molecule has 0 saturated carbocycles. The molecule has 0 aliphatic carbocycles. The maximum Gasteiger partial charge on any atom is 0.305 e. The summed E-state index contributed by atoms with van der Waals surface area (Å²) in [5.74, 6) is -0.230. The molecular formula is C58H107NO10. The van der Waals surface area contributed by atoms with Gasteiger partial charge in [-0.3, -0.25) is 9.59 Å². The van der Waals surface area contributed by atoms with E-state index in [1.807, 2.05) is 19.1 Å². The zero-order chi connectivity index (χ0) is 50.3. The van der Waals surface area contributed by atoms with E-state index in [0.717, 1.165) is 70.6 Å². The van der Waals surface area contributed by atoms with Crippen molar-refractivity contribution in [2.24, 2.45) is 0 Å². The lowest BCUT2D eigenvalue weighted by Gasteiger charge is -2.40. The third-order valence-corrected chi connectivity index (χ3v) is 13.6. The van der Waals surface area contributed by atoms with Crippen LogP contribution in [0.25, 0.3) is 0 Å². The van der Waals surface area contributed by atoms with Crippen LogP contribution in [0.1, 0.15) is 258 Å². The number of hydrogen-bond donors (Lipinski definition) is 6. The third kappa shape index (κ3) is 38.2. The molecule has 0 spiro atoms.